The van der Waals surface area contributed by atoms with Gasteiger partial charge in [0, 0.05) is 17.6 Å². The van der Waals surface area contributed by atoms with Crippen LogP contribution in [0.4, 0.5) is 11.4 Å². The van der Waals surface area contributed by atoms with Gasteiger partial charge in [-0.3, -0.25) is 4.98 Å². The van der Waals surface area contributed by atoms with E-state index in [0.717, 1.165) is 24.3 Å². The van der Waals surface area contributed by atoms with Crippen LogP contribution in [-0.2, 0) is 6.42 Å². The van der Waals surface area contributed by atoms with E-state index in [-0.39, 0.29) is 0 Å². The van der Waals surface area contributed by atoms with E-state index in [1.807, 2.05) is 23.6 Å². The number of nitrogens with two attached hydrogens (primary N) is 1. The number of rotatable bonds is 1. The maximum atomic E-state index is 5.80. The SMILES string of the molecule is CC1c2ccsc2CCN1c1cncc(N)c1. The lowest BCUT2D eigenvalue weighted by Crippen LogP contribution is -2.33. The van der Waals surface area contributed by atoms with E-state index in [1.54, 1.807) is 6.20 Å². The molecule has 0 aromatic carbocycles. The summed E-state index contributed by atoms with van der Waals surface area (Å²) in [5.74, 6) is 0. The van der Waals surface area contributed by atoms with E-state index in [0.29, 0.717) is 6.04 Å². The summed E-state index contributed by atoms with van der Waals surface area (Å²) >= 11 is 1.86. The summed E-state index contributed by atoms with van der Waals surface area (Å²) < 4.78 is 0. The van der Waals surface area contributed by atoms with Gasteiger partial charge in [-0.2, -0.15) is 0 Å². The fraction of sp³-hybridized carbons (Fsp3) is 0.308. The summed E-state index contributed by atoms with van der Waals surface area (Å²) in [6.07, 6.45) is 4.70. The number of hydrogen-bond donors (Lipinski definition) is 1. The van der Waals surface area contributed by atoms with Gasteiger partial charge in [0.25, 0.3) is 0 Å². The van der Waals surface area contributed by atoms with Crippen LogP contribution in [-0.4, -0.2) is 11.5 Å². The van der Waals surface area contributed by atoms with Crippen molar-refractivity contribution in [2.75, 3.05) is 17.2 Å². The van der Waals surface area contributed by atoms with Gasteiger partial charge in [-0.1, -0.05) is 0 Å². The molecule has 1 unspecified atom stereocenters. The predicted octanol–water partition coefficient (Wildman–Crippen LogP) is 2.85. The molecule has 0 amide bonds. The number of anilines is 2. The molecule has 0 saturated carbocycles. The second-order valence-corrected chi connectivity index (χ2v) is 5.40. The predicted molar refractivity (Wildman–Crippen MR) is 72.4 cm³/mol. The van der Waals surface area contributed by atoms with Crippen LogP contribution in [0.2, 0.25) is 0 Å². The zero-order chi connectivity index (χ0) is 11.8. The van der Waals surface area contributed by atoms with E-state index >= 15 is 0 Å². The van der Waals surface area contributed by atoms with Crippen LogP contribution < -0.4 is 10.6 Å². The highest BCUT2D eigenvalue weighted by Gasteiger charge is 2.24. The van der Waals surface area contributed by atoms with Gasteiger partial charge < -0.3 is 10.6 Å². The first-order chi connectivity index (χ1) is 8.25. The molecule has 1 atom stereocenters. The average Bonchev–Trinajstić information content (AvgIpc) is 2.78. The fourth-order valence-electron chi connectivity index (χ4n) is 2.46. The van der Waals surface area contributed by atoms with E-state index in [4.69, 9.17) is 5.73 Å². The first-order valence-corrected chi connectivity index (χ1v) is 6.67. The highest BCUT2D eigenvalue weighted by molar-refractivity contribution is 7.10. The summed E-state index contributed by atoms with van der Waals surface area (Å²) in [5.41, 5.74) is 9.09. The van der Waals surface area contributed by atoms with Crippen molar-refractivity contribution in [1.29, 1.82) is 0 Å². The molecule has 0 radical (unpaired) electrons. The summed E-state index contributed by atoms with van der Waals surface area (Å²) in [4.78, 5) is 8.07. The molecular weight excluding hydrogens is 230 g/mol. The van der Waals surface area contributed by atoms with Gasteiger partial charge in [0.2, 0.25) is 0 Å². The van der Waals surface area contributed by atoms with Crippen LogP contribution in [0.25, 0.3) is 0 Å². The van der Waals surface area contributed by atoms with Crippen LogP contribution in [0.3, 0.4) is 0 Å². The molecule has 3 nitrogen and oxygen atoms in total. The highest BCUT2D eigenvalue weighted by atomic mass is 32.1. The Morgan fingerprint density at radius 1 is 1.47 bits per heavy atom. The standard InChI is InChI=1S/C13H15N3S/c1-9-12-3-5-17-13(12)2-4-16(9)11-6-10(14)7-15-8-11/h3,5-9H,2,4,14H2,1H3. The van der Waals surface area contributed by atoms with Gasteiger partial charge in [-0.25, -0.2) is 0 Å². The molecule has 1 aliphatic rings. The lowest BCUT2D eigenvalue weighted by Gasteiger charge is -2.35. The summed E-state index contributed by atoms with van der Waals surface area (Å²) in [5, 5.41) is 2.18. The largest absolute Gasteiger partial charge is 0.397 e. The van der Waals surface area contributed by atoms with Crippen molar-refractivity contribution in [1.82, 2.24) is 4.98 Å². The lowest BCUT2D eigenvalue weighted by atomic mass is 10.0. The minimum atomic E-state index is 0.411. The summed E-state index contributed by atoms with van der Waals surface area (Å²) in [6.45, 7) is 3.29. The molecule has 2 N–H and O–H groups in total. The van der Waals surface area contributed by atoms with Gasteiger partial charge in [-0.05, 0) is 36.4 Å². The minimum Gasteiger partial charge on any atom is -0.397 e. The van der Waals surface area contributed by atoms with Crippen molar-refractivity contribution in [2.24, 2.45) is 0 Å². The van der Waals surface area contributed by atoms with E-state index in [9.17, 15) is 0 Å². The van der Waals surface area contributed by atoms with Crippen LogP contribution >= 0.6 is 11.3 Å². The highest BCUT2D eigenvalue weighted by Crippen LogP contribution is 2.35. The van der Waals surface area contributed by atoms with Crippen LogP contribution in [0.1, 0.15) is 23.4 Å². The molecule has 0 saturated heterocycles. The van der Waals surface area contributed by atoms with Crippen LogP contribution in [0.15, 0.2) is 29.9 Å². The Balaban J connectivity index is 1.96. The third kappa shape index (κ3) is 1.78. The Kier molecular flexibility index (Phi) is 2.52. The molecule has 0 bridgehead atoms. The van der Waals surface area contributed by atoms with Gasteiger partial charge in [0.1, 0.15) is 0 Å². The molecule has 17 heavy (non-hydrogen) atoms. The zero-order valence-electron chi connectivity index (χ0n) is 9.76. The maximum Gasteiger partial charge on any atom is 0.0578 e. The molecule has 3 heterocycles. The third-order valence-corrected chi connectivity index (χ3v) is 4.35. The third-order valence-electron chi connectivity index (χ3n) is 3.35. The second kappa shape index (κ2) is 4.04. The van der Waals surface area contributed by atoms with Gasteiger partial charge in [-0.15, -0.1) is 11.3 Å². The number of pyridine rings is 1. The molecule has 2 aromatic heterocycles. The molecule has 0 fully saturated rings. The molecule has 0 spiro atoms. The van der Waals surface area contributed by atoms with Crippen molar-refractivity contribution in [3.63, 3.8) is 0 Å². The molecule has 0 aliphatic carbocycles. The monoisotopic (exact) mass is 245 g/mol. The van der Waals surface area contributed by atoms with Crippen molar-refractivity contribution in [3.05, 3.63) is 40.3 Å². The van der Waals surface area contributed by atoms with E-state index in [1.165, 1.54) is 10.4 Å². The Hall–Kier alpha value is -1.55. The Labute approximate surface area is 105 Å². The number of aromatic nitrogens is 1. The summed E-state index contributed by atoms with van der Waals surface area (Å²) in [7, 11) is 0. The average molecular weight is 245 g/mol. The summed E-state index contributed by atoms with van der Waals surface area (Å²) in [6, 6.07) is 4.64. The molecule has 4 heteroatoms. The first-order valence-electron chi connectivity index (χ1n) is 5.79. The molecule has 1 aliphatic heterocycles. The number of nitrogens with zero attached hydrogens (tertiary/aromatic N) is 2. The van der Waals surface area contributed by atoms with Crippen molar-refractivity contribution < 1.29 is 0 Å². The zero-order valence-corrected chi connectivity index (χ0v) is 10.6. The number of nitrogen functional groups attached to an aromatic ring is 1. The Bertz CT molecular complexity index is 535. The number of thiophene rings is 1. The van der Waals surface area contributed by atoms with Crippen LogP contribution in [0.5, 0.6) is 0 Å². The normalized spacial score (nSPS) is 19.1. The van der Waals surface area contributed by atoms with E-state index < -0.39 is 0 Å². The molecule has 88 valence electrons. The quantitative estimate of drug-likeness (QED) is 0.840. The second-order valence-electron chi connectivity index (χ2n) is 4.39. The van der Waals surface area contributed by atoms with E-state index in [2.05, 4.69) is 28.3 Å². The smallest absolute Gasteiger partial charge is 0.0578 e. The topological polar surface area (TPSA) is 42.2 Å². The Morgan fingerprint density at radius 2 is 2.35 bits per heavy atom. The van der Waals surface area contributed by atoms with Crippen molar-refractivity contribution in [2.45, 2.75) is 19.4 Å². The number of fused-ring (bicyclic) bond motifs is 1. The number of hydrogen-bond acceptors (Lipinski definition) is 4. The Morgan fingerprint density at radius 3 is 3.18 bits per heavy atom. The van der Waals surface area contributed by atoms with Gasteiger partial charge in [0.05, 0.1) is 23.6 Å². The van der Waals surface area contributed by atoms with Crippen LogP contribution in [0, 0.1) is 0 Å². The molecular formula is C13H15N3S. The van der Waals surface area contributed by atoms with Crippen molar-refractivity contribution >= 4 is 22.7 Å². The maximum absolute atomic E-state index is 5.80. The fourth-order valence-corrected chi connectivity index (χ4v) is 3.43. The molecule has 3 rings (SSSR count). The first kappa shape index (κ1) is 10.6. The lowest BCUT2D eigenvalue weighted by molar-refractivity contribution is 0.632. The van der Waals surface area contributed by atoms with Crippen molar-refractivity contribution in [3.8, 4) is 0 Å². The minimum absolute atomic E-state index is 0.411. The van der Waals surface area contributed by atoms with Gasteiger partial charge in [0.15, 0.2) is 0 Å². The van der Waals surface area contributed by atoms with Gasteiger partial charge >= 0.3 is 0 Å². The molecule has 2 aromatic rings.